The van der Waals surface area contributed by atoms with E-state index in [2.05, 4.69) is 15.2 Å². The van der Waals surface area contributed by atoms with Gasteiger partial charge in [-0.05, 0) is 6.92 Å². The summed E-state index contributed by atoms with van der Waals surface area (Å²) >= 11 is 1.32. The second kappa shape index (κ2) is 9.18. The fraction of sp³-hybridized carbons (Fsp3) is 0.333. The van der Waals surface area contributed by atoms with E-state index in [4.69, 9.17) is 0 Å². The van der Waals surface area contributed by atoms with E-state index in [1.807, 2.05) is 35.2 Å². The van der Waals surface area contributed by atoms with Crippen LogP contribution in [-0.4, -0.2) is 68.2 Å². The number of rotatable bonds is 6. The number of piperazine rings is 1. The molecule has 0 spiro atoms. The number of benzene rings is 1. The van der Waals surface area contributed by atoms with E-state index in [1.165, 1.54) is 33.1 Å². The Bertz CT molecular complexity index is 1530. The van der Waals surface area contributed by atoms with Gasteiger partial charge < -0.3 is 0 Å². The standard InChI is InChI=1S/C21H21F2N7O3S2/c1-14-17(12-24-29(14)20(22)23)35(32,33)28-9-7-27(8-10-28)13-16-11-18(31)30-21(25-16)34-19(26-30)15-5-3-2-4-6-15/h2-6,11-12,20H,7-10,13H2,1H3. The van der Waals surface area contributed by atoms with Crippen LogP contribution < -0.4 is 5.56 Å². The number of nitrogens with zero attached hydrogens (tertiary/aromatic N) is 7. The fourth-order valence-corrected chi connectivity index (χ4v) is 6.49. The molecule has 0 amide bonds. The van der Waals surface area contributed by atoms with Gasteiger partial charge in [0.2, 0.25) is 15.0 Å². The molecule has 14 heteroatoms. The van der Waals surface area contributed by atoms with Gasteiger partial charge in [0.15, 0.2) is 0 Å². The summed E-state index contributed by atoms with van der Waals surface area (Å²) in [5.41, 5.74) is 1.09. The van der Waals surface area contributed by atoms with E-state index in [9.17, 15) is 22.0 Å². The van der Waals surface area contributed by atoms with E-state index in [0.717, 1.165) is 11.8 Å². The van der Waals surface area contributed by atoms with Crippen molar-refractivity contribution in [2.45, 2.75) is 24.9 Å². The summed E-state index contributed by atoms with van der Waals surface area (Å²) in [5.74, 6) is 0. The first-order valence-electron chi connectivity index (χ1n) is 10.7. The number of fused-ring (bicyclic) bond motifs is 1. The van der Waals surface area contributed by atoms with Gasteiger partial charge in [-0.3, -0.25) is 9.69 Å². The minimum atomic E-state index is -3.95. The molecule has 0 bridgehead atoms. The zero-order valence-electron chi connectivity index (χ0n) is 18.6. The molecule has 1 aliphatic rings. The lowest BCUT2D eigenvalue weighted by Gasteiger charge is -2.33. The fourth-order valence-electron chi connectivity index (χ4n) is 3.99. The predicted octanol–water partition coefficient (Wildman–Crippen LogP) is 2.22. The van der Waals surface area contributed by atoms with Crippen molar-refractivity contribution in [3.63, 3.8) is 0 Å². The molecule has 1 saturated heterocycles. The van der Waals surface area contributed by atoms with Crippen molar-refractivity contribution in [2.75, 3.05) is 26.2 Å². The maximum absolute atomic E-state index is 13.0. The Balaban J connectivity index is 1.29. The molecule has 0 N–H and O–H groups in total. The minimum absolute atomic E-state index is 0.0974. The van der Waals surface area contributed by atoms with Crippen LogP contribution >= 0.6 is 11.3 Å². The van der Waals surface area contributed by atoms with Gasteiger partial charge in [0.05, 0.1) is 17.6 Å². The Kier molecular flexibility index (Phi) is 6.21. The van der Waals surface area contributed by atoms with E-state index in [0.29, 0.717) is 40.0 Å². The Labute approximate surface area is 203 Å². The number of hydrogen-bond donors (Lipinski definition) is 0. The first-order valence-corrected chi connectivity index (χ1v) is 13.0. The van der Waals surface area contributed by atoms with E-state index < -0.39 is 16.6 Å². The molecular weight excluding hydrogens is 500 g/mol. The highest BCUT2D eigenvalue weighted by Crippen LogP contribution is 2.25. The molecule has 1 aromatic carbocycles. The summed E-state index contributed by atoms with van der Waals surface area (Å²) in [4.78, 5) is 19.5. The number of halogens is 2. The van der Waals surface area contributed by atoms with Crippen molar-refractivity contribution in [2.24, 2.45) is 0 Å². The van der Waals surface area contributed by atoms with Crippen LogP contribution in [0.15, 0.2) is 52.3 Å². The monoisotopic (exact) mass is 521 g/mol. The number of alkyl halides is 2. The lowest BCUT2D eigenvalue weighted by Crippen LogP contribution is -2.48. The topological polar surface area (TPSA) is 106 Å². The third-order valence-electron chi connectivity index (χ3n) is 5.84. The average Bonchev–Trinajstić information content (AvgIpc) is 3.44. The Hall–Kier alpha value is -3.07. The normalized spacial score (nSPS) is 15.9. The summed E-state index contributed by atoms with van der Waals surface area (Å²) in [6.07, 6.45) is 0.967. The van der Waals surface area contributed by atoms with Crippen molar-refractivity contribution in [3.8, 4) is 10.6 Å². The van der Waals surface area contributed by atoms with Crippen LogP contribution in [0.3, 0.4) is 0 Å². The number of hydrogen-bond acceptors (Lipinski definition) is 8. The van der Waals surface area contributed by atoms with Crippen molar-refractivity contribution in [3.05, 3.63) is 64.3 Å². The molecule has 4 aromatic rings. The number of sulfonamides is 1. The molecule has 4 heterocycles. The molecular formula is C21H21F2N7O3S2. The highest BCUT2D eigenvalue weighted by atomic mass is 32.2. The molecule has 1 aliphatic heterocycles. The third kappa shape index (κ3) is 4.49. The second-order valence-electron chi connectivity index (χ2n) is 8.05. The predicted molar refractivity (Wildman–Crippen MR) is 125 cm³/mol. The van der Waals surface area contributed by atoms with Gasteiger partial charge in [-0.1, -0.05) is 41.7 Å². The highest BCUT2D eigenvalue weighted by Gasteiger charge is 2.32. The first-order chi connectivity index (χ1) is 16.7. The summed E-state index contributed by atoms with van der Waals surface area (Å²) in [6, 6.07) is 11.0. The Morgan fingerprint density at radius 2 is 1.83 bits per heavy atom. The van der Waals surface area contributed by atoms with Crippen LogP contribution in [0, 0.1) is 6.92 Å². The molecule has 0 unspecified atom stereocenters. The first kappa shape index (κ1) is 23.7. The quantitative estimate of drug-likeness (QED) is 0.383. The van der Waals surface area contributed by atoms with Gasteiger partial charge in [-0.2, -0.15) is 27.8 Å². The van der Waals surface area contributed by atoms with Gasteiger partial charge in [0.25, 0.3) is 5.56 Å². The molecule has 1 fully saturated rings. The molecule has 0 saturated carbocycles. The van der Waals surface area contributed by atoms with Gasteiger partial charge in [-0.25, -0.2) is 18.1 Å². The highest BCUT2D eigenvalue weighted by molar-refractivity contribution is 7.89. The van der Waals surface area contributed by atoms with Crippen LogP contribution in [0.5, 0.6) is 0 Å². The minimum Gasteiger partial charge on any atom is -0.295 e. The maximum Gasteiger partial charge on any atom is 0.333 e. The molecule has 3 aromatic heterocycles. The summed E-state index contributed by atoms with van der Waals surface area (Å²) in [6.45, 7) is -0.0535. The van der Waals surface area contributed by atoms with Crippen LogP contribution in [0.25, 0.3) is 15.5 Å². The van der Waals surface area contributed by atoms with E-state index in [1.54, 1.807) is 0 Å². The summed E-state index contributed by atoms with van der Waals surface area (Å²) < 4.78 is 54.9. The van der Waals surface area contributed by atoms with Crippen LogP contribution in [-0.2, 0) is 16.6 Å². The largest absolute Gasteiger partial charge is 0.333 e. The van der Waals surface area contributed by atoms with E-state index >= 15 is 0 Å². The third-order valence-corrected chi connectivity index (χ3v) is 8.80. The Morgan fingerprint density at radius 3 is 2.49 bits per heavy atom. The molecule has 5 rings (SSSR count). The van der Waals surface area contributed by atoms with Crippen molar-refractivity contribution < 1.29 is 17.2 Å². The second-order valence-corrected chi connectivity index (χ2v) is 10.9. The zero-order chi connectivity index (χ0) is 24.7. The van der Waals surface area contributed by atoms with Gasteiger partial charge in [0, 0.05) is 44.4 Å². The average molecular weight is 522 g/mol. The van der Waals surface area contributed by atoms with Crippen LogP contribution in [0.1, 0.15) is 17.9 Å². The Morgan fingerprint density at radius 1 is 1.11 bits per heavy atom. The molecule has 35 heavy (non-hydrogen) atoms. The van der Waals surface area contributed by atoms with Gasteiger partial charge >= 0.3 is 6.55 Å². The zero-order valence-corrected chi connectivity index (χ0v) is 20.2. The lowest BCUT2D eigenvalue weighted by atomic mass is 10.2. The SMILES string of the molecule is Cc1c(S(=O)(=O)N2CCN(Cc3cc(=O)n4nc(-c5ccccc5)sc4n3)CC2)cnn1C(F)F. The van der Waals surface area contributed by atoms with Gasteiger partial charge in [0.1, 0.15) is 9.90 Å². The molecule has 10 nitrogen and oxygen atoms in total. The van der Waals surface area contributed by atoms with Crippen LogP contribution in [0.2, 0.25) is 0 Å². The lowest BCUT2D eigenvalue weighted by molar-refractivity contribution is 0.0541. The smallest absolute Gasteiger partial charge is 0.295 e. The molecule has 0 atom stereocenters. The van der Waals surface area contributed by atoms with Crippen molar-refractivity contribution >= 4 is 26.3 Å². The van der Waals surface area contributed by atoms with Crippen molar-refractivity contribution in [1.82, 2.24) is 33.6 Å². The number of aromatic nitrogens is 5. The molecule has 0 radical (unpaired) electrons. The molecule has 0 aliphatic carbocycles. The van der Waals surface area contributed by atoms with Gasteiger partial charge in [-0.15, -0.1) is 0 Å². The summed E-state index contributed by atoms with van der Waals surface area (Å²) in [7, 11) is -3.95. The van der Waals surface area contributed by atoms with E-state index in [-0.39, 0.29) is 29.2 Å². The van der Waals surface area contributed by atoms with Crippen molar-refractivity contribution in [1.29, 1.82) is 0 Å². The summed E-state index contributed by atoms with van der Waals surface area (Å²) in [5, 5.41) is 8.57. The molecule has 184 valence electrons. The van der Waals surface area contributed by atoms with Crippen LogP contribution in [0.4, 0.5) is 8.78 Å². The maximum atomic E-state index is 13.0.